The normalized spacial score (nSPS) is 15.8. The molecule has 2 aliphatic heterocycles. The smallest absolute Gasteiger partial charge is 0.656 e. The molecule has 0 amide bonds. The van der Waals surface area contributed by atoms with E-state index < -0.39 is 0 Å². The molecule has 333 valence electrons. The van der Waals surface area contributed by atoms with Crippen molar-refractivity contribution in [2.75, 3.05) is 0 Å². The Hall–Kier alpha value is -5.82. The Balaban J connectivity index is 0.000000154. The number of aliphatic imine (C=N–C) groups is 2. The molecule has 1 radical (unpaired) electrons. The minimum absolute atomic E-state index is 0. The fourth-order valence-electron chi connectivity index (χ4n) is 10.8. The van der Waals surface area contributed by atoms with Crippen molar-refractivity contribution < 1.29 is 17.1 Å². The molecule has 7 heteroatoms. The number of nitrogens with zero attached hydrogens (tertiary/aromatic N) is 4. The van der Waals surface area contributed by atoms with E-state index in [4.69, 9.17) is 20.0 Å². The fraction of sp³-hybridized carbons (Fsp3) is 0.167. The number of rotatable bonds is 4. The van der Waals surface area contributed by atoms with E-state index in [1.165, 1.54) is 88.7 Å². The Morgan fingerprint density at radius 1 is 0.463 bits per heavy atom. The van der Waals surface area contributed by atoms with Gasteiger partial charge in [0.15, 0.2) is 0 Å². The second-order valence-electron chi connectivity index (χ2n) is 18.3. The van der Waals surface area contributed by atoms with Crippen LogP contribution < -0.4 is 9.97 Å². The van der Waals surface area contributed by atoms with Crippen LogP contribution in [0.5, 0.6) is 0 Å². The van der Waals surface area contributed by atoms with Crippen LogP contribution in [0.2, 0.25) is 0 Å². The van der Waals surface area contributed by atoms with Crippen LogP contribution in [0.1, 0.15) is 79.9 Å². The quantitative estimate of drug-likeness (QED) is 0.165. The zero-order chi connectivity index (χ0) is 45.4. The minimum Gasteiger partial charge on any atom is -0.656 e. The third-order valence-electron chi connectivity index (χ3n) is 13.5. The van der Waals surface area contributed by atoms with Gasteiger partial charge in [-0.1, -0.05) is 140 Å². The molecule has 0 bridgehead atoms. The van der Waals surface area contributed by atoms with Crippen LogP contribution in [0.3, 0.4) is 0 Å². The first kappa shape index (κ1) is 45.0. The summed E-state index contributed by atoms with van der Waals surface area (Å²) in [5.41, 5.74) is 26.4. The summed E-state index contributed by atoms with van der Waals surface area (Å²) in [6.45, 7) is 13.0. The third-order valence-corrected chi connectivity index (χ3v) is 14.5. The Bertz CT molecular complexity index is 3290. The number of hydrogen-bond donors (Lipinski definition) is 0. The minimum atomic E-state index is 0. The van der Waals surface area contributed by atoms with Gasteiger partial charge in [-0.15, -0.1) is 22.8 Å². The van der Waals surface area contributed by atoms with E-state index in [2.05, 4.69) is 207 Å². The summed E-state index contributed by atoms with van der Waals surface area (Å²) in [5.74, 6) is 0. The van der Waals surface area contributed by atoms with Crippen LogP contribution in [0.4, 0.5) is 0 Å². The second-order valence-corrected chi connectivity index (χ2v) is 20.2. The first-order valence-electron chi connectivity index (χ1n) is 22.8. The van der Waals surface area contributed by atoms with Gasteiger partial charge in [-0.25, -0.2) is 9.98 Å². The van der Waals surface area contributed by atoms with Crippen LogP contribution in [0.15, 0.2) is 163 Å². The van der Waals surface area contributed by atoms with Crippen LogP contribution >= 0.6 is 31.9 Å². The molecular weight excluding hydrogens is 1000 g/mol. The maximum Gasteiger partial charge on any atom is 2.00 e. The van der Waals surface area contributed by atoms with E-state index in [9.17, 15) is 0 Å². The van der Waals surface area contributed by atoms with Crippen molar-refractivity contribution in [2.24, 2.45) is 9.98 Å². The molecule has 12 rings (SSSR count). The van der Waals surface area contributed by atoms with E-state index in [-0.39, 0.29) is 17.1 Å². The van der Waals surface area contributed by atoms with Crippen LogP contribution in [-0.4, -0.2) is 11.4 Å². The van der Waals surface area contributed by atoms with Crippen molar-refractivity contribution in [1.29, 1.82) is 0 Å². The molecule has 67 heavy (non-hydrogen) atoms. The number of aromatic nitrogens is 2. The molecular formula is C60H48Br2CuN4. The zero-order valence-corrected chi connectivity index (χ0v) is 42.5. The van der Waals surface area contributed by atoms with Crippen molar-refractivity contribution in [1.82, 2.24) is 9.97 Å². The van der Waals surface area contributed by atoms with Gasteiger partial charge in [-0.2, -0.15) is 0 Å². The Kier molecular flexibility index (Phi) is 12.1. The maximum absolute atomic E-state index is 5.18. The number of benzene rings is 6. The summed E-state index contributed by atoms with van der Waals surface area (Å²) in [6, 6.07) is 39.2. The van der Waals surface area contributed by atoms with Gasteiger partial charge in [0.05, 0.1) is 22.8 Å². The molecule has 4 nitrogen and oxygen atoms in total. The average Bonchev–Trinajstić information content (AvgIpc) is 4.07. The zero-order valence-electron chi connectivity index (χ0n) is 38.4. The predicted octanol–water partition coefficient (Wildman–Crippen LogP) is 15.7. The van der Waals surface area contributed by atoms with Crippen molar-refractivity contribution in [2.45, 2.75) is 67.2 Å². The largest absolute Gasteiger partial charge is 2.00 e. The number of halogens is 2. The topological polar surface area (TPSA) is 52.9 Å². The molecule has 0 fully saturated rings. The average molecular weight is 1050 g/mol. The van der Waals surface area contributed by atoms with Gasteiger partial charge in [0.2, 0.25) is 0 Å². The second kappa shape index (κ2) is 18.0. The van der Waals surface area contributed by atoms with Crippen LogP contribution in [-0.2, 0) is 29.9 Å². The van der Waals surface area contributed by atoms with Gasteiger partial charge in [-0.05, 0) is 181 Å². The van der Waals surface area contributed by atoms with E-state index >= 15 is 0 Å². The van der Waals surface area contributed by atoms with Gasteiger partial charge >= 0.3 is 17.1 Å². The summed E-state index contributed by atoms with van der Waals surface area (Å²) in [5, 5.41) is 4.67. The first-order valence-corrected chi connectivity index (χ1v) is 24.4. The van der Waals surface area contributed by atoms with Gasteiger partial charge in [0.1, 0.15) is 0 Å². The maximum atomic E-state index is 5.18. The monoisotopic (exact) mass is 1050 g/mol. The molecule has 2 aliphatic carbocycles. The van der Waals surface area contributed by atoms with Gasteiger partial charge in [-0.3, -0.25) is 0 Å². The van der Waals surface area contributed by atoms with Gasteiger partial charge < -0.3 is 9.97 Å². The van der Waals surface area contributed by atoms with Crippen molar-refractivity contribution in [3.63, 3.8) is 0 Å². The molecule has 0 saturated heterocycles. The molecule has 2 aromatic heterocycles. The standard InChI is InChI=1S/2C30H24BrN2.Cu/c2*1-17-12-18(2)28(19(3)13-17)30-26-15-22(31)10-11-25(26)27(33-30)16-23-14-21-9-8-20-6-4-5-7-24(20)29(21)32-23;/h2*4-7,10-16H,8-9H2,1-3H3;/q2*-1;+2/b2*23-16-;. The SMILES string of the molecule is Cc1cc(C)c(-c2[n-]c(/C=C3/C=C4CCc5ccccc5C4=N3)c3ccc(Br)cc23)c(C)c1.Cc1cc(C)c(-c2[n-]c(/C=C3/C=C4CCc5ccccc5C4=N3)c3ccc(Br)cc23)c(C)c1.[Cu+2]. The summed E-state index contributed by atoms with van der Waals surface area (Å²) >= 11 is 7.33. The Morgan fingerprint density at radius 3 is 1.25 bits per heavy atom. The molecule has 0 atom stereocenters. The fourth-order valence-corrected chi connectivity index (χ4v) is 11.5. The third kappa shape index (κ3) is 8.35. The van der Waals surface area contributed by atoms with Crippen LogP contribution in [0.25, 0.3) is 56.2 Å². The molecule has 0 spiro atoms. The van der Waals surface area contributed by atoms with E-state index in [0.29, 0.717) is 0 Å². The van der Waals surface area contributed by atoms with Crippen LogP contribution in [0, 0.1) is 41.5 Å². The molecule has 4 aliphatic rings. The van der Waals surface area contributed by atoms with Crippen molar-refractivity contribution >= 4 is 77.0 Å². The van der Waals surface area contributed by atoms with Gasteiger partial charge in [0, 0.05) is 20.1 Å². The molecule has 0 unspecified atom stereocenters. The number of allylic oxidation sites excluding steroid dienone is 4. The van der Waals surface area contributed by atoms with E-state index in [0.717, 1.165) is 91.0 Å². The van der Waals surface area contributed by atoms with Crippen molar-refractivity contribution in [3.05, 3.63) is 220 Å². The molecule has 0 saturated carbocycles. The Morgan fingerprint density at radius 2 is 0.851 bits per heavy atom. The molecule has 6 aromatic carbocycles. The number of aryl methyl sites for hydroxylation is 8. The van der Waals surface area contributed by atoms with E-state index in [1.54, 1.807) is 0 Å². The first-order chi connectivity index (χ1) is 31.9. The Labute approximate surface area is 420 Å². The number of hydrogen-bond acceptors (Lipinski definition) is 2. The molecule has 8 aromatic rings. The summed E-state index contributed by atoms with van der Waals surface area (Å²) in [7, 11) is 0. The summed E-state index contributed by atoms with van der Waals surface area (Å²) in [6.07, 6.45) is 13.0. The predicted molar refractivity (Wildman–Crippen MR) is 284 cm³/mol. The van der Waals surface area contributed by atoms with Crippen molar-refractivity contribution in [3.8, 4) is 22.5 Å². The number of fused-ring (bicyclic) bond motifs is 8. The van der Waals surface area contributed by atoms with Gasteiger partial charge in [0.25, 0.3) is 0 Å². The summed E-state index contributed by atoms with van der Waals surface area (Å²) in [4.78, 5) is 20.4. The molecule has 0 N–H and O–H groups in total. The molecule has 4 heterocycles. The van der Waals surface area contributed by atoms with E-state index in [1.807, 2.05) is 0 Å². The summed E-state index contributed by atoms with van der Waals surface area (Å²) < 4.78 is 2.13.